The summed E-state index contributed by atoms with van der Waals surface area (Å²) in [5.41, 5.74) is 2.20. The van der Waals surface area contributed by atoms with Crippen LogP contribution >= 0.6 is 0 Å². The summed E-state index contributed by atoms with van der Waals surface area (Å²) in [7, 11) is 0.468. The van der Waals surface area contributed by atoms with E-state index in [2.05, 4.69) is 4.98 Å². The Balaban J connectivity index is 1.79. The molecule has 0 saturated heterocycles. The van der Waals surface area contributed by atoms with Gasteiger partial charge in [0.2, 0.25) is 0 Å². The highest BCUT2D eigenvalue weighted by Crippen LogP contribution is 2.33. The molecule has 0 bridgehead atoms. The Morgan fingerprint density at radius 2 is 1.86 bits per heavy atom. The van der Waals surface area contributed by atoms with Crippen LogP contribution in [-0.2, 0) is 30.8 Å². The van der Waals surface area contributed by atoms with Gasteiger partial charge in [-0.05, 0) is 17.7 Å². The number of benzene rings is 1. The lowest BCUT2D eigenvalue weighted by Gasteiger charge is -2.41. The molecule has 7 nitrogen and oxygen atoms in total. The van der Waals surface area contributed by atoms with E-state index in [1.54, 1.807) is 28.8 Å². The second kappa shape index (κ2) is 7.87. The van der Waals surface area contributed by atoms with E-state index in [4.69, 9.17) is 0 Å². The molecular formula is C21H24N4O3S. The van der Waals surface area contributed by atoms with E-state index in [1.165, 1.54) is 0 Å². The molecule has 0 saturated carbocycles. The van der Waals surface area contributed by atoms with Gasteiger partial charge in [0.25, 0.3) is 5.91 Å². The summed E-state index contributed by atoms with van der Waals surface area (Å²) in [6, 6.07) is 13.2. The molecule has 1 aliphatic rings. The van der Waals surface area contributed by atoms with Crippen molar-refractivity contribution in [3.8, 4) is 0 Å². The minimum Gasteiger partial charge on any atom is -0.337 e. The van der Waals surface area contributed by atoms with E-state index in [0.29, 0.717) is 24.4 Å². The van der Waals surface area contributed by atoms with Crippen LogP contribution in [0.4, 0.5) is 0 Å². The molecule has 1 N–H and O–H groups in total. The number of rotatable bonds is 6. The van der Waals surface area contributed by atoms with Gasteiger partial charge >= 0.3 is 5.69 Å². The molecule has 8 heteroatoms. The van der Waals surface area contributed by atoms with Crippen LogP contribution in [0, 0.1) is 0 Å². The van der Waals surface area contributed by atoms with Gasteiger partial charge in [0, 0.05) is 54.7 Å². The first-order valence-corrected chi connectivity index (χ1v) is 11.0. The molecule has 1 aromatic carbocycles. The number of carbonyl (C=O) groups excluding carboxylic acids is 1. The third-order valence-corrected chi connectivity index (χ3v) is 7.19. The topological polar surface area (TPSA) is 80.1 Å². The molecule has 2 aromatic heterocycles. The highest BCUT2D eigenvalue weighted by Gasteiger charge is 2.42. The molecule has 0 radical (unpaired) electrons. The summed E-state index contributed by atoms with van der Waals surface area (Å²) in [6.45, 7) is 2.26. The summed E-state index contributed by atoms with van der Waals surface area (Å²) < 4.78 is 16.6. The SMILES string of the molecule is CCS(=O)[C@@H]1[C@@H](Cc2c[nH]c(=O)n2C)n2cccc2C(=O)N1Cc1ccccc1. The number of hydrogen-bond acceptors (Lipinski definition) is 3. The maximum atomic E-state index is 13.3. The molecule has 0 spiro atoms. The molecule has 1 unspecified atom stereocenters. The van der Waals surface area contributed by atoms with Crippen molar-refractivity contribution in [1.29, 1.82) is 0 Å². The number of amides is 1. The zero-order valence-electron chi connectivity index (χ0n) is 16.4. The minimum absolute atomic E-state index is 0.120. The van der Waals surface area contributed by atoms with Crippen LogP contribution in [0.5, 0.6) is 0 Å². The molecule has 3 atom stereocenters. The Bertz CT molecular complexity index is 1100. The van der Waals surface area contributed by atoms with Crippen LogP contribution < -0.4 is 5.69 Å². The highest BCUT2D eigenvalue weighted by molar-refractivity contribution is 7.85. The first-order chi connectivity index (χ1) is 14.0. The second-order valence-electron chi connectivity index (χ2n) is 7.19. The molecule has 1 aliphatic heterocycles. The molecule has 0 fully saturated rings. The van der Waals surface area contributed by atoms with Crippen molar-refractivity contribution in [1.82, 2.24) is 19.0 Å². The maximum Gasteiger partial charge on any atom is 0.325 e. The summed E-state index contributed by atoms with van der Waals surface area (Å²) in [4.78, 5) is 29.6. The summed E-state index contributed by atoms with van der Waals surface area (Å²) in [5, 5.41) is -0.488. The fourth-order valence-electron chi connectivity index (χ4n) is 3.98. The average molecular weight is 413 g/mol. The third kappa shape index (κ3) is 3.48. The number of nitrogens with zero attached hydrogens (tertiary/aromatic N) is 3. The van der Waals surface area contributed by atoms with Crippen LogP contribution in [0.15, 0.2) is 59.7 Å². The third-order valence-electron chi connectivity index (χ3n) is 5.52. The fourth-order valence-corrected chi connectivity index (χ4v) is 5.35. The summed E-state index contributed by atoms with van der Waals surface area (Å²) in [5.74, 6) is 0.326. The Hall–Kier alpha value is -2.87. The Morgan fingerprint density at radius 3 is 2.52 bits per heavy atom. The van der Waals surface area contributed by atoms with Crippen molar-refractivity contribution in [2.24, 2.45) is 7.05 Å². The van der Waals surface area contributed by atoms with Gasteiger partial charge < -0.3 is 14.5 Å². The Labute approximate surface area is 171 Å². The van der Waals surface area contributed by atoms with E-state index >= 15 is 0 Å². The van der Waals surface area contributed by atoms with E-state index in [1.807, 2.05) is 54.1 Å². The number of carbonyl (C=O) groups is 1. The van der Waals surface area contributed by atoms with E-state index in [-0.39, 0.29) is 17.6 Å². The fraction of sp³-hybridized carbons (Fsp3) is 0.333. The lowest BCUT2D eigenvalue weighted by atomic mass is 10.1. The van der Waals surface area contributed by atoms with Crippen molar-refractivity contribution in [2.45, 2.75) is 31.3 Å². The largest absolute Gasteiger partial charge is 0.337 e. The monoisotopic (exact) mass is 412 g/mol. The maximum absolute atomic E-state index is 13.3. The molecule has 1 amide bonds. The summed E-state index contributed by atoms with van der Waals surface area (Å²) >= 11 is 0. The molecule has 4 rings (SSSR count). The number of imidazole rings is 1. The van der Waals surface area contributed by atoms with Crippen molar-refractivity contribution in [3.63, 3.8) is 0 Å². The van der Waals surface area contributed by atoms with E-state index in [0.717, 1.165) is 11.3 Å². The van der Waals surface area contributed by atoms with E-state index in [9.17, 15) is 13.8 Å². The number of H-pyrrole nitrogens is 1. The second-order valence-corrected chi connectivity index (χ2v) is 9.02. The molecule has 29 heavy (non-hydrogen) atoms. The van der Waals surface area contributed by atoms with Crippen LogP contribution in [0.25, 0.3) is 0 Å². The predicted molar refractivity (Wildman–Crippen MR) is 112 cm³/mol. The van der Waals surface area contributed by atoms with Gasteiger partial charge in [-0.2, -0.15) is 0 Å². The average Bonchev–Trinajstić information content (AvgIpc) is 3.34. The number of nitrogens with one attached hydrogen (secondary N) is 1. The van der Waals surface area contributed by atoms with Crippen LogP contribution in [-0.4, -0.2) is 40.3 Å². The van der Waals surface area contributed by atoms with Crippen molar-refractivity contribution in [3.05, 3.63) is 82.3 Å². The Kier molecular flexibility index (Phi) is 5.27. The first kappa shape index (κ1) is 19.4. The summed E-state index contributed by atoms with van der Waals surface area (Å²) in [6.07, 6.45) is 4.05. The van der Waals surface area contributed by atoms with Crippen LogP contribution in [0.3, 0.4) is 0 Å². The lowest BCUT2D eigenvalue weighted by Crippen LogP contribution is -2.53. The zero-order chi connectivity index (χ0) is 20.5. The number of hydrogen-bond donors (Lipinski definition) is 1. The smallest absolute Gasteiger partial charge is 0.325 e. The molecule has 0 aliphatic carbocycles. The standard InChI is InChI=1S/C21H24N4O3S/c1-3-29(28)20-18(12-16-13-22-21(27)23(16)2)24-11-7-10-17(24)19(26)25(20)14-15-8-5-4-6-9-15/h4-11,13,18,20H,3,12,14H2,1-2H3,(H,22,27)/t18-,20-,29?/m1/s1. The van der Waals surface area contributed by atoms with Gasteiger partial charge in [-0.1, -0.05) is 37.3 Å². The van der Waals surface area contributed by atoms with Crippen molar-refractivity contribution in [2.75, 3.05) is 5.75 Å². The van der Waals surface area contributed by atoms with Gasteiger partial charge in [0.1, 0.15) is 11.1 Å². The number of fused-ring (bicyclic) bond motifs is 1. The molecule has 152 valence electrons. The minimum atomic E-state index is -1.25. The predicted octanol–water partition coefficient (Wildman–Crippen LogP) is 2.05. The number of aromatic amines is 1. The van der Waals surface area contributed by atoms with Gasteiger partial charge in [-0.15, -0.1) is 0 Å². The van der Waals surface area contributed by atoms with Gasteiger partial charge in [0.15, 0.2) is 0 Å². The number of aromatic nitrogens is 3. The molecule has 3 heterocycles. The molecular weight excluding hydrogens is 388 g/mol. The van der Waals surface area contributed by atoms with Gasteiger partial charge in [-0.25, -0.2) is 4.79 Å². The molecule has 3 aromatic rings. The van der Waals surface area contributed by atoms with Crippen molar-refractivity contribution >= 4 is 16.7 Å². The van der Waals surface area contributed by atoms with Crippen molar-refractivity contribution < 1.29 is 9.00 Å². The Morgan fingerprint density at radius 1 is 1.10 bits per heavy atom. The normalized spacial score (nSPS) is 19.9. The quantitative estimate of drug-likeness (QED) is 0.673. The highest BCUT2D eigenvalue weighted by atomic mass is 32.2. The lowest BCUT2D eigenvalue weighted by molar-refractivity contribution is 0.0609. The van der Waals surface area contributed by atoms with Gasteiger partial charge in [0.05, 0.1) is 6.04 Å². The van der Waals surface area contributed by atoms with Crippen LogP contribution in [0.2, 0.25) is 0 Å². The van der Waals surface area contributed by atoms with Crippen LogP contribution in [0.1, 0.15) is 34.7 Å². The first-order valence-electron chi connectivity index (χ1n) is 9.63. The van der Waals surface area contributed by atoms with E-state index < -0.39 is 16.2 Å². The van der Waals surface area contributed by atoms with Gasteiger partial charge in [-0.3, -0.25) is 13.6 Å². The zero-order valence-corrected chi connectivity index (χ0v) is 17.3.